The Hall–Kier alpha value is -0.380. The van der Waals surface area contributed by atoms with Crippen LogP contribution in [0.1, 0.15) is 12.0 Å². The third kappa shape index (κ3) is 4.33. The van der Waals surface area contributed by atoms with Gasteiger partial charge in [-0.3, -0.25) is 4.79 Å². The monoisotopic (exact) mass is 289 g/mol. The van der Waals surface area contributed by atoms with Crippen LogP contribution < -0.4 is 5.32 Å². The number of halogens is 2. The van der Waals surface area contributed by atoms with E-state index in [0.717, 1.165) is 10.0 Å². The lowest BCUT2D eigenvalue weighted by Crippen LogP contribution is -2.14. The molecule has 2 nitrogen and oxygen atoms in total. The zero-order chi connectivity index (χ0) is 11.3. The van der Waals surface area contributed by atoms with Gasteiger partial charge in [0.1, 0.15) is 5.78 Å². The second-order valence-electron chi connectivity index (χ2n) is 3.30. The summed E-state index contributed by atoms with van der Waals surface area (Å²) in [6.45, 7) is 0.715. The van der Waals surface area contributed by atoms with Crippen molar-refractivity contribution in [3.05, 3.63) is 33.3 Å². The van der Waals surface area contributed by atoms with Crippen molar-refractivity contribution in [1.82, 2.24) is 5.32 Å². The third-order valence-corrected chi connectivity index (χ3v) is 2.90. The van der Waals surface area contributed by atoms with Crippen LogP contribution in [-0.2, 0) is 11.2 Å². The second kappa shape index (κ2) is 6.26. The fraction of sp³-hybridized carbons (Fsp3) is 0.364. The lowest BCUT2D eigenvalue weighted by molar-refractivity contribution is -0.118. The van der Waals surface area contributed by atoms with E-state index in [1.165, 1.54) is 0 Å². The highest BCUT2D eigenvalue weighted by Crippen LogP contribution is 2.22. The van der Waals surface area contributed by atoms with Crippen molar-refractivity contribution >= 4 is 33.3 Å². The van der Waals surface area contributed by atoms with E-state index in [-0.39, 0.29) is 5.78 Å². The van der Waals surface area contributed by atoms with Crippen LogP contribution in [0.5, 0.6) is 0 Å². The molecule has 1 rings (SSSR count). The van der Waals surface area contributed by atoms with E-state index in [9.17, 15) is 4.79 Å². The van der Waals surface area contributed by atoms with Gasteiger partial charge >= 0.3 is 0 Å². The number of hydrogen-bond donors (Lipinski definition) is 1. The molecule has 0 aliphatic carbocycles. The maximum atomic E-state index is 11.5. The van der Waals surface area contributed by atoms with Crippen LogP contribution in [0.25, 0.3) is 0 Å². The molecule has 0 aliphatic heterocycles. The van der Waals surface area contributed by atoms with Gasteiger partial charge in [-0.05, 0) is 24.7 Å². The second-order valence-corrected chi connectivity index (χ2v) is 4.63. The molecule has 0 saturated carbocycles. The number of carbonyl (C=O) groups excluding carboxylic acids is 1. The summed E-state index contributed by atoms with van der Waals surface area (Å²) < 4.78 is 0.930. The molecule has 1 aromatic rings. The zero-order valence-electron chi connectivity index (χ0n) is 8.52. The average Bonchev–Trinajstić information content (AvgIpc) is 2.19. The molecule has 0 spiro atoms. The molecule has 0 amide bonds. The van der Waals surface area contributed by atoms with E-state index < -0.39 is 0 Å². The first-order valence-electron chi connectivity index (χ1n) is 4.73. The minimum Gasteiger partial charge on any atom is -0.319 e. The third-order valence-electron chi connectivity index (χ3n) is 2.06. The Morgan fingerprint density at radius 3 is 2.87 bits per heavy atom. The first kappa shape index (κ1) is 12.7. The van der Waals surface area contributed by atoms with Crippen molar-refractivity contribution in [1.29, 1.82) is 0 Å². The van der Waals surface area contributed by atoms with Crippen LogP contribution in [0.2, 0.25) is 5.02 Å². The highest BCUT2D eigenvalue weighted by atomic mass is 79.9. The van der Waals surface area contributed by atoms with Crippen molar-refractivity contribution in [2.45, 2.75) is 12.8 Å². The summed E-state index contributed by atoms with van der Waals surface area (Å²) in [5.41, 5.74) is 0.890. The molecule has 0 radical (unpaired) electrons. The van der Waals surface area contributed by atoms with Crippen LogP contribution >= 0.6 is 27.5 Å². The first-order valence-corrected chi connectivity index (χ1v) is 5.91. The normalized spacial score (nSPS) is 10.3. The summed E-state index contributed by atoms with van der Waals surface area (Å²) in [6, 6.07) is 5.58. The summed E-state index contributed by atoms with van der Waals surface area (Å²) in [7, 11) is 1.83. The fourth-order valence-corrected chi connectivity index (χ4v) is 1.97. The molecule has 15 heavy (non-hydrogen) atoms. The number of rotatable bonds is 5. The van der Waals surface area contributed by atoms with E-state index >= 15 is 0 Å². The Balaban J connectivity index is 2.60. The molecule has 1 N–H and O–H groups in total. The predicted octanol–water partition coefficient (Wildman–Crippen LogP) is 2.82. The van der Waals surface area contributed by atoms with Gasteiger partial charge in [0.05, 0.1) is 0 Å². The first-order chi connectivity index (χ1) is 7.13. The van der Waals surface area contributed by atoms with Gasteiger partial charge in [-0.1, -0.05) is 33.6 Å². The number of hydrogen-bond acceptors (Lipinski definition) is 2. The van der Waals surface area contributed by atoms with E-state index in [0.29, 0.717) is 24.4 Å². The lowest BCUT2D eigenvalue weighted by atomic mass is 10.1. The van der Waals surface area contributed by atoms with E-state index in [2.05, 4.69) is 21.2 Å². The van der Waals surface area contributed by atoms with E-state index in [1.54, 1.807) is 0 Å². The van der Waals surface area contributed by atoms with Crippen LogP contribution in [-0.4, -0.2) is 19.4 Å². The molecule has 4 heteroatoms. The molecule has 0 fully saturated rings. The number of benzene rings is 1. The Kier molecular flexibility index (Phi) is 5.29. The average molecular weight is 291 g/mol. The molecular formula is C11H13BrClNO. The molecule has 82 valence electrons. The van der Waals surface area contributed by atoms with Gasteiger partial charge in [0.25, 0.3) is 0 Å². The zero-order valence-corrected chi connectivity index (χ0v) is 10.9. The SMILES string of the molecule is CNCCC(=O)Cc1ccc(Br)cc1Cl. The summed E-state index contributed by atoms with van der Waals surface area (Å²) >= 11 is 9.33. The number of carbonyl (C=O) groups is 1. The summed E-state index contributed by atoms with van der Waals surface area (Å²) in [5, 5.41) is 3.59. The summed E-state index contributed by atoms with van der Waals surface area (Å²) in [6.07, 6.45) is 0.955. The predicted molar refractivity (Wildman–Crippen MR) is 66.4 cm³/mol. The molecule has 0 aromatic heterocycles. The van der Waals surface area contributed by atoms with Crippen molar-refractivity contribution < 1.29 is 4.79 Å². The molecule has 0 aliphatic rings. The van der Waals surface area contributed by atoms with Crippen LogP contribution in [0, 0.1) is 0 Å². The molecule has 0 unspecified atom stereocenters. The Morgan fingerprint density at radius 1 is 1.53 bits per heavy atom. The molecule has 1 aromatic carbocycles. The largest absolute Gasteiger partial charge is 0.319 e. The van der Waals surface area contributed by atoms with Gasteiger partial charge in [0.2, 0.25) is 0 Å². The molecule has 0 atom stereocenters. The summed E-state index contributed by atoms with van der Waals surface area (Å²) in [4.78, 5) is 11.5. The Morgan fingerprint density at radius 2 is 2.27 bits per heavy atom. The number of nitrogens with one attached hydrogen (secondary N) is 1. The van der Waals surface area contributed by atoms with Crippen molar-refractivity contribution in [2.24, 2.45) is 0 Å². The van der Waals surface area contributed by atoms with Crippen LogP contribution in [0.15, 0.2) is 22.7 Å². The number of Topliss-reactive ketones (excluding diaryl/α,β-unsaturated/α-hetero) is 1. The minimum atomic E-state index is 0.202. The van der Waals surface area contributed by atoms with Gasteiger partial charge in [0.15, 0.2) is 0 Å². The molecular weight excluding hydrogens is 277 g/mol. The van der Waals surface area contributed by atoms with Crippen molar-refractivity contribution in [3.8, 4) is 0 Å². The van der Waals surface area contributed by atoms with Gasteiger partial charge < -0.3 is 5.32 Å². The Bertz CT molecular complexity index is 354. The van der Waals surface area contributed by atoms with Crippen LogP contribution in [0.4, 0.5) is 0 Å². The van der Waals surface area contributed by atoms with Crippen molar-refractivity contribution in [2.75, 3.05) is 13.6 Å². The maximum Gasteiger partial charge on any atom is 0.138 e. The standard InChI is InChI=1S/C11H13BrClNO/c1-14-5-4-10(15)6-8-2-3-9(12)7-11(8)13/h2-3,7,14H,4-6H2,1H3. The van der Waals surface area contributed by atoms with E-state index in [1.807, 2.05) is 25.2 Å². The van der Waals surface area contributed by atoms with Gasteiger partial charge in [-0.2, -0.15) is 0 Å². The number of ketones is 1. The molecule has 0 heterocycles. The highest BCUT2D eigenvalue weighted by molar-refractivity contribution is 9.10. The topological polar surface area (TPSA) is 29.1 Å². The maximum absolute atomic E-state index is 11.5. The van der Waals surface area contributed by atoms with Crippen LogP contribution in [0.3, 0.4) is 0 Å². The molecule has 0 saturated heterocycles. The minimum absolute atomic E-state index is 0.202. The molecule has 0 bridgehead atoms. The fourth-order valence-electron chi connectivity index (χ4n) is 1.23. The van der Waals surface area contributed by atoms with Gasteiger partial charge in [-0.25, -0.2) is 0 Å². The quantitative estimate of drug-likeness (QED) is 0.903. The van der Waals surface area contributed by atoms with Crippen molar-refractivity contribution in [3.63, 3.8) is 0 Å². The highest BCUT2D eigenvalue weighted by Gasteiger charge is 2.06. The lowest BCUT2D eigenvalue weighted by Gasteiger charge is -2.04. The Labute approximate surface area is 103 Å². The summed E-state index contributed by atoms with van der Waals surface area (Å²) in [5.74, 6) is 0.202. The smallest absolute Gasteiger partial charge is 0.138 e. The van der Waals surface area contributed by atoms with Gasteiger partial charge in [-0.15, -0.1) is 0 Å². The van der Waals surface area contributed by atoms with E-state index in [4.69, 9.17) is 11.6 Å². The van der Waals surface area contributed by atoms with Gasteiger partial charge in [0, 0.05) is 28.9 Å².